The van der Waals surface area contributed by atoms with Gasteiger partial charge in [-0.15, -0.1) is 0 Å². The number of imidazole rings is 1. The van der Waals surface area contributed by atoms with E-state index in [1.807, 2.05) is 21.7 Å². The summed E-state index contributed by atoms with van der Waals surface area (Å²) in [4.78, 5) is 21.2. The predicted molar refractivity (Wildman–Crippen MR) is 91.3 cm³/mol. The minimum absolute atomic E-state index is 0.0144. The third-order valence-corrected chi connectivity index (χ3v) is 5.14. The molecule has 0 aliphatic carbocycles. The standard InChI is InChI=1S/C18H24N4O3/c1-14-10-22(12-16(14)21-6-8-24-9-7-21)18(23)17-3-2-15(25-17)11-20-5-4-19-13-20/h2-5,13-14,16H,6-12H2,1H3/t14-,16+/m0/s1. The first-order chi connectivity index (χ1) is 12.2. The van der Waals surface area contributed by atoms with Gasteiger partial charge in [0.1, 0.15) is 5.76 Å². The van der Waals surface area contributed by atoms with Gasteiger partial charge < -0.3 is 18.6 Å². The molecule has 25 heavy (non-hydrogen) atoms. The fraction of sp³-hybridized carbons (Fsp3) is 0.556. The van der Waals surface area contributed by atoms with Crippen LogP contribution in [0.5, 0.6) is 0 Å². The number of hydrogen-bond acceptors (Lipinski definition) is 5. The Morgan fingerprint density at radius 3 is 2.88 bits per heavy atom. The molecule has 7 heteroatoms. The topological polar surface area (TPSA) is 63.7 Å². The SMILES string of the molecule is C[C@H]1CN(C(=O)c2ccc(Cn3ccnc3)o2)C[C@H]1N1CCOCC1. The normalized spacial score (nSPS) is 24.8. The van der Waals surface area contributed by atoms with E-state index < -0.39 is 0 Å². The van der Waals surface area contributed by atoms with E-state index in [0.717, 1.165) is 45.2 Å². The highest BCUT2D eigenvalue weighted by Crippen LogP contribution is 2.24. The first-order valence-corrected chi connectivity index (χ1v) is 8.86. The molecule has 2 atom stereocenters. The van der Waals surface area contributed by atoms with Gasteiger partial charge in [0.25, 0.3) is 5.91 Å². The Kier molecular flexibility index (Phi) is 4.59. The smallest absolute Gasteiger partial charge is 0.289 e. The third kappa shape index (κ3) is 3.48. The largest absolute Gasteiger partial charge is 0.454 e. The van der Waals surface area contributed by atoms with Crippen LogP contribution in [0.2, 0.25) is 0 Å². The molecule has 2 aliphatic rings. The van der Waals surface area contributed by atoms with Crippen LogP contribution in [0.3, 0.4) is 0 Å². The van der Waals surface area contributed by atoms with E-state index in [0.29, 0.717) is 24.3 Å². The van der Waals surface area contributed by atoms with E-state index in [4.69, 9.17) is 9.15 Å². The summed E-state index contributed by atoms with van der Waals surface area (Å²) in [5.41, 5.74) is 0. The zero-order chi connectivity index (χ0) is 17.2. The van der Waals surface area contributed by atoms with Gasteiger partial charge in [-0.1, -0.05) is 6.92 Å². The maximum Gasteiger partial charge on any atom is 0.289 e. The van der Waals surface area contributed by atoms with Gasteiger partial charge in [-0.3, -0.25) is 9.69 Å². The van der Waals surface area contributed by atoms with E-state index in [2.05, 4.69) is 16.8 Å². The van der Waals surface area contributed by atoms with Gasteiger partial charge in [0.15, 0.2) is 5.76 Å². The van der Waals surface area contributed by atoms with Crippen molar-refractivity contribution < 1.29 is 13.9 Å². The fourth-order valence-electron chi connectivity index (χ4n) is 3.79. The monoisotopic (exact) mass is 344 g/mol. The number of likely N-dealkylation sites (tertiary alicyclic amines) is 1. The summed E-state index contributed by atoms with van der Waals surface area (Å²) in [6.07, 6.45) is 5.34. The van der Waals surface area contributed by atoms with Crippen LogP contribution in [-0.4, -0.2) is 70.7 Å². The first-order valence-electron chi connectivity index (χ1n) is 8.86. The maximum absolute atomic E-state index is 12.8. The molecule has 4 heterocycles. The average Bonchev–Trinajstić information content (AvgIpc) is 3.37. The Labute approximate surface area is 147 Å². The maximum atomic E-state index is 12.8. The molecule has 0 unspecified atom stereocenters. The van der Waals surface area contributed by atoms with E-state index in [1.165, 1.54) is 0 Å². The number of aromatic nitrogens is 2. The Bertz CT molecular complexity index is 706. The highest BCUT2D eigenvalue weighted by atomic mass is 16.5. The van der Waals surface area contributed by atoms with Crippen LogP contribution in [0.4, 0.5) is 0 Å². The van der Waals surface area contributed by atoms with Crippen LogP contribution in [0.25, 0.3) is 0 Å². The summed E-state index contributed by atoms with van der Waals surface area (Å²) in [6.45, 7) is 7.82. The van der Waals surface area contributed by atoms with Crippen molar-refractivity contribution in [3.8, 4) is 0 Å². The van der Waals surface area contributed by atoms with Crippen LogP contribution in [0.1, 0.15) is 23.2 Å². The van der Waals surface area contributed by atoms with Crippen LogP contribution in [-0.2, 0) is 11.3 Å². The molecule has 0 spiro atoms. The van der Waals surface area contributed by atoms with Crippen molar-refractivity contribution in [3.63, 3.8) is 0 Å². The number of furan rings is 1. The highest BCUT2D eigenvalue weighted by Gasteiger charge is 2.37. The highest BCUT2D eigenvalue weighted by molar-refractivity contribution is 5.91. The first kappa shape index (κ1) is 16.4. The lowest BCUT2D eigenvalue weighted by Gasteiger charge is -2.33. The van der Waals surface area contributed by atoms with Gasteiger partial charge in [-0.05, 0) is 18.1 Å². The molecule has 7 nitrogen and oxygen atoms in total. The van der Waals surface area contributed by atoms with Crippen LogP contribution < -0.4 is 0 Å². The Morgan fingerprint density at radius 2 is 2.12 bits per heavy atom. The number of rotatable bonds is 4. The zero-order valence-electron chi connectivity index (χ0n) is 14.5. The summed E-state index contributed by atoms with van der Waals surface area (Å²) < 4.78 is 13.1. The van der Waals surface area contributed by atoms with Gasteiger partial charge in [0, 0.05) is 44.6 Å². The molecule has 0 aromatic carbocycles. The molecule has 2 saturated heterocycles. The molecule has 0 bridgehead atoms. The number of carbonyl (C=O) groups is 1. The van der Waals surface area contributed by atoms with E-state index >= 15 is 0 Å². The van der Waals surface area contributed by atoms with Gasteiger partial charge >= 0.3 is 0 Å². The summed E-state index contributed by atoms with van der Waals surface area (Å²) in [5, 5.41) is 0. The number of nitrogens with zero attached hydrogens (tertiary/aromatic N) is 4. The number of amides is 1. The van der Waals surface area contributed by atoms with Crippen LogP contribution in [0.15, 0.2) is 35.3 Å². The second-order valence-corrected chi connectivity index (χ2v) is 6.90. The van der Waals surface area contributed by atoms with Gasteiger partial charge in [0.05, 0.1) is 26.1 Å². The molecule has 134 valence electrons. The molecule has 2 aromatic heterocycles. The lowest BCUT2D eigenvalue weighted by atomic mass is 10.0. The lowest BCUT2D eigenvalue weighted by molar-refractivity contribution is 0.0118. The number of morpholine rings is 1. The van der Waals surface area contributed by atoms with E-state index in [-0.39, 0.29) is 5.91 Å². The Balaban J connectivity index is 1.40. The minimum Gasteiger partial charge on any atom is -0.454 e. The van der Waals surface area contributed by atoms with E-state index in [9.17, 15) is 4.79 Å². The van der Waals surface area contributed by atoms with Crippen LogP contribution in [0, 0.1) is 5.92 Å². The zero-order valence-corrected chi connectivity index (χ0v) is 14.5. The van der Waals surface area contributed by atoms with Crippen molar-refractivity contribution in [2.75, 3.05) is 39.4 Å². The quantitative estimate of drug-likeness (QED) is 0.837. The van der Waals surface area contributed by atoms with Crippen LogP contribution >= 0.6 is 0 Å². The summed E-state index contributed by atoms with van der Waals surface area (Å²) in [6, 6.07) is 4.06. The second-order valence-electron chi connectivity index (χ2n) is 6.90. The summed E-state index contributed by atoms with van der Waals surface area (Å²) in [7, 11) is 0. The minimum atomic E-state index is -0.0144. The molecular weight excluding hydrogens is 320 g/mol. The van der Waals surface area contributed by atoms with Gasteiger partial charge in [-0.25, -0.2) is 4.98 Å². The molecule has 2 aromatic rings. The van der Waals surface area contributed by atoms with Crippen molar-refractivity contribution in [2.24, 2.45) is 5.92 Å². The fourth-order valence-corrected chi connectivity index (χ4v) is 3.79. The average molecular weight is 344 g/mol. The Hall–Kier alpha value is -2.12. The number of hydrogen-bond donors (Lipinski definition) is 0. The van der Waals surface area contributed by atoms with Crippen molar-refractivity contribution >= 4 is 5.91 Å². The van der Waals surface area contributed by atoms with Crippen molar-refractivity contribution in [3.05, 3.63) is 42.4 Å². The van der Waals surface area contributed by atoms with Crippen molar-refractivity contribution in [2.45, 2.75) is 19.5 Å². The third-order valence-electron chi connectivity index (χ3n) is 5.14. The molecule has 2 fully saturated rings. The molecule has 0 N–H and O–H groups in total. The molecule has 2 aliphatic heterocycles. The van der Waals surface area contributed by atoms with Gasteiger partial charge in [0.2, 0.25) is 0 Å². The molecule has 0 radical (unpaired) electrons. The number of ether oxygens (including phenoxy) is 1. The predicted octanol–water partition coefficient (Wildman–Crippen LogP) is 1.32. The van der Waals surface area contributed by atoms with Gasteiger partial charge in [-0.2, -0.15) is 0 Å². The van der Waals surface area contributed by atoms with Crippen molar-refractivity contribution in [1.82, 2.24) is 19.4 Å². The molecule has 1 amide bonds. The Morgan fingerprint density at radius 1 is 1.28 bits per heavy atom. The molecular formula is C18H24N4O3. The molecule has 0 saturated carbocycles. The van der Waals surface area contributed by atoms with Crippen molar-refractivity contribution in [1.29, 1.82) is 0 Å². The summed E-state index contributed by atoms with van der Waals surface area (Å²) >= 11 is 0. The lowest BCUT2D eigenvalue weighted by Crippen LogP contribution is -2.47. The number of carbonyl (C=O) groups excluding carboxylic acids is 1. The van der Waals surface area contributed by atoms with E-state index in [1.54, 1.807) is 18.6 Å². The molecule has 4 rings (SSSR count). The summed E-state index contributed by atoms with van der Waals surface area (Å²) in [5.74, 6) is 1.63. The second kappa shape index (κ2) is 7.01.